The summed E-state index contributed by atoms with van der Waals surface area (Å²) in [5.74, 6) is -0.508. The van der Waals surface area contributed by atoms with E-state index >= 15 is 0 Å². The average Bonchev–Trinajstić information content (AvgIpc) is 2.49. The Balaban J connectivity index is 2.57. The molecule has 1 heterocycles. The Morgan fingerprint density at radius 2 is 2.13 bits per heavy atom. The summed E-state index contributed by atoms with van der Waals surface area (Å²) in [5.41, 5.74) is 1.28. The molecule has 0 fully saturated rings. The number of hydrogen-bond acceptors (Lipinski definition) is 4. The van der Waals surface area contributed by atoms with Gasteiger partial charge >= 0.3 is 12.0 Å². The largest absolute Gasteiger partial charge is 0.508 e. The maximum Gasteiger partial charge on any atom is 0.338 e. The van der Waals surface area contributed by atoms with Crippen LogP contribution in [0.2, 0.25) is 0 Å². The Labute approximate surface area is 143 Å². The van der Waals surface area contributed by atoms with E-state index in [-0.39, 0.29) is 12.4 Å². The van der Waals surface area contributed by atoms with E-state index in [9.17, 15) is 14.7 Å². The van der Waals surface area contributed by atoms with Gasteiger partial charge < -0.3 is 20.5 Å². The van der Waals surface area contributed by atoms with Gasteiger partial charge in [-0.05, 0) is 31.5 Å². The topological polar surface area (TPSA) is 87.7 Å². The summed E-state index contributed by atoms with van der Waals surface area (Å²) in [6, 6.07) is 3.69. The minimum Gasteiger partial charge on any atom is -0.508 e. The van der Waals surface area contributed by atoms with Crippen LogP contribution in [-0.2, 0) is 9.53 Å². The predicted octanol–water partition coefficient (Wildman–Crippen LogP) is 3.13. The Morgan fingerprint density at radius 3 is 2.78 bits per heavy atom. The lowest BCUT2D eigenvalue weighted by Crippen LogP contribution is -2.46. The van der Waals surface area contributed by atoms with Crippen molar-refractivity contribution in [3.05, 3.63) is 39.5 Å². The first-order chi connectivity index (χ1) is 11.0. The van der Waals surface area contributed by atoms with Crippen LogP contribution in [0.1, 0.15) is 38.3 Å². The highest BCUT2D eigenvalue weighted by molar-refractivity contribution is 9.10. The van der Waals surface area contributed by atoms with E-state index in [0.29, 0.717) is 23.3 Å². The van der Waals surface area contributed by atoms with Gasteiger partial charge in [0.1, 0.15) is 5.75 Å². The fraction of sp³-hybridized carbons (Fsp3) is 0.375. The second-order valence-electron chi connectivity index (χ2n) is 5.10. The van der Waals surface area contributed by atoms with Crippen LogP contribution in [-0.4, -0.2) is 23.7 Å². The molecule has 1 aliphatic rings. The third-order valence-electron chi connectivity index (χ3n) is 3.45. The molecule has 0 bridgehead atoms. The molecule has 0 saturated heterocycles. The highest BCUT2D eigenvalue weighted by Gasteiger charge is 2.34. The van der Waals surface area contributed by atoms with Gasteiger partial charge in [0.15, 0.2) is 0 Å². The first-order valence-electron chi connectivity index (χ1n) is 7.44. The number of amides is 2. The number of nitrogens with one attached hydrogen (secondary N) is 2. The number of carbonyl (C=O) groups is 2. The molecule has 2 amide bonds. The number of rotatable bonds is 5. The molecule has 1 unspecified atom stereocenters. The predicted molar refractivity (Wildman–Crippen MR) is 88.8 cm³/mol. The van der Waals surface area contributed by atoms with Crippen LogP contribution < -0.4 is 10.6 Å². The van der Waals surface area contributed by atoms with Crippen LogP contribution in [0.5, 0.6) is 5.75 Å². The highest BCUT2D eigenvalue weighted by atomic mass is 79.9. The third kappa shape index (κ3) is 3.85. The number of ether oxygens (including phenoxy) is 1. The van der Waals surface area contributed by atoms with Crippen LogP contribution in [0.4, 0.5) is 4.79 Å². The van der Waals surface area contributed by atoms with E-state index in [1.165, 1.54) is 6.07 Å². The Bertz CT molecular complexity index is 657. The molecule has 2 rings (SSSR count). The maximum absolute atomic E-state index is 12.4. The van der Waals surface area contributed by atoms with E-state index in [1.54, 1.807) is 19.1 Å². The molecule has 1 aromatic rings. The summed E-state index contributed by atoms with van der Waals surface area (Å²) >= 11 is 3.34. The molecule has 23 heavy (non-hydrogen) atoms. The van der Waals surface area contributed by atoms with Gasteiger partial charge in [0.05, 0.1) is 18.2 Å². The minimum absolute atomic E-state index is 0.00181. The zero-order chi connectivity index (χ0) is 17.0. The molecular weight excluding hydrogens is 364 g/mol. The monoisotopic (exact) mass is 382 g/mol. The van der Waals surface area contributed by atoms with Crippen molar-refractivity contribution in [3.63, 3.8) is 0 Å². The van der Waals surface area contributed by atoms with Gasteiger partial charge in [0, 0.05) is 15.7 Å². The van der Waals surface area contributed by atoms with Crippen LogP contribution in [0.15, 0.2) is 33.9 Å². The zero-order valence-corrected chi connectivity index (χ0v) is 14.6. The molecule has 0 spiro atoms. The van der Waals surface area contributed by atoms with E-state index < -0.39 is 18.0 Å². The summed E-state index contributed by atoms with van der Waals surface area (Å²) in [4.78, 5) is 24.4. The van der Waals surface area contributed by atoms with Gasteiger partial charge in [-0.25, -0.2) is 9.59 Å². The summed E-state index contributed by atoms with van der Waals surface area (Å²) in [5, 5.41) is 15.5. The number of benzene rings is 1. The molecule has 0 aromatic heterocycles. The Hall–Kier alpha value is -2.02. The van der Waals surface area contributed by atoms with Crippen molar-refractivity contribution in [1.29, 1.82) is 0 Å². The molecule has 124 valence electrons. The lowest BCUT2D eigenvalue weighted by molar-refractivity contribution is -0.139. The number of aromatic hydroxyl groups is 1. The van der Waals surface area contributed by atoms with E-state index in [4.69, 9.17) is 4.74 Å². The fourth-order valence-electron chi connectivity index (χ4n) is 2.50. The number of phenols is 1. The number of phenolic OH excluding ortho intramolecular Hbond substituents is 1. The summed E-state index contributed by atoms with van der Waals surface area (Å²) in [6.07, 6.45) is 1.29. The lowest BCUT2D eigenvalue weighted by Gasteiger charge is -2.29. The second kappa shape index (κ2) is 7.50. The zero-order valence-electron chi connectivity index (χ0n) is 13.0. The molecule has 0 saturated carbocycles. The highest BCUT2D eigenvalue weighted by Crippen LogP contribution is 2.35. The molecule has 7 heteroatoms. The lowest BCUT2D eigenvalue weighted by atomic mass is 9.93. The first-order valence-corrected chi connectivity index (χ1v) is 8.23. The van der Waals surface area contributed by atoms with E-state index in [1.807, 2.05) is 6.92 Å². The van der Waals surface area contributed by atoms with E-state index in [2.05, 4.69) is 26.6 Å². The van der Waals surface area contributed by atoms with Crippen molar-refractivity contribution >= 4 is 27.9 Å². The molecule has 6 nitrogen and oxygen atoms in total. The average molecular weight is 383 g/mol. The van der Waals surface area contributed by atoms with Crippen molar-refractivity contribution < 1.29 is 19.4 Å². The first kappa shape index (κ1) is 17.3. The number of urea groups is 1. The van der Waals surface area contributed by atoms with Gasteiger partial charge in [-0.1, -0.05) is 29.3 Å². The van der Waals surface area contributed by atoms with Gasteiger partial charge in [-0.2, -0.15) is 0 Å². The molecular formula is C16H19BrN2O4. The standard InChI is InChI=1S/C16H19BrN2O4/c1-3-5-11-13(15(21)23-4-2)14(19-16(22)18-11)10-8-9(17)6-7-12(10)20/h6-8,14,20H,3-5H2,1-2H3,(H2,18,19,22). The SMILES string of the molecule is CCCC1=C(C(=O)OCC)C(c2cc(Br)ccc2O)NC(=O)N1. The van der Waals surface area contributed by atoms with Gasteiger partial charge in [0.2, 0.25) is 0 Å². The minimum atomic E-state index is -0.762. The smallest absolute Gasteiger partial charge is 0.338 e. The van der Waals surface area contributed by atoms with Gasteiger partial charge in [0.25, 0.3) is 0 Å². The van der Waals surface area contributed by atoms with Crippen molar-refractivity contribution in [2.75, 3.05) is 6.61 Å². The number of allylic oxidation sites excluding steroid dienone is 1. The molecule has 1 aliphatic heterocycles. The van der Waals surface area contributed by atoms with Crippen LogP contribution in [0, 0.1) is 0 Å². The number of esters is 1. The summed E-state index contributed by atoms with van der Waals surface area (Å²) in [7, 11) is 0. The summed E-state index contributed by atoms with van der Waals surface area (Å²) in [6.45, 7) is 3.90. The van der Waals surface area contributed by atoms with Crippen molar-refractivity contribution in [1.82, 2.24) is 10.6 Å². The van der Waals surface area contributed by atoms with Crippen LogP contribution in [0.3, 0.4) is 0 Å². The Morgan fingerprint density at radius 1 is 1.39 bits per heavy atom. The molecule has 1 aromatic carbocycles. The summed E-state index contributed by atoms with van der Waals surface area (Å²) < 4.78 is 5.87. The molecule has 0 aliphatic carbocycles. The molecule has 1 atom stereocenters. The van der Waals surface area contributed by atoms with Crippen molar-refractivity contribution in [2.24, 2.45) is 0 Å². The van der Waals surface area contributed by atoms with Crippen molar-refractivity contribution in [3.8, 4) is 5.75 Å². The number of halogens is 1. The van der Waals surface area contributed by atoms with E-state index in [0.717, 1.165) is 10.9 Å². The molecule has 3 N–H and O–H groups in total. The van der Waals surface area contributed by atoms with Gasteiger partial charge in [-0.15, -0.1) is 0 Å². The third-order valence-corrected chi connectivity index (χ3v) is 3.94. The second-order valence-corrected chi connectivity index (χ2v) is 6.01. The Kier molecular flexibility index (Phi) is 5.65. The number of carbonyl (C=O) groups excluding carboxylic acids is 2. The maximum atomic E-state index is 12.4. The van der Waals surface area contributed by atoms with Crippen molar-refractivity contribution in [2.45, 2.75) is 32.7 Å². The van der Waals surface area contributed by atoms with Gasteiger partial charge in [-0.3, -0.25) is 0 Å². The fourth-order valence-corrected chi connectivity index (χ4v) is 2.88. The number of hydrogen-bond donors (Lipinski definition) is 3. The van der Waals surface area contributed by atoms with Crippen LogP contribution in [0.25, 0.3) is 0 Å². The normalized spacial score (nSPS) is 17.5. The molecule has 0 radical (unpaired) electrons. The quantitative estimate of drug-likeness (QED) is 0.682. The van der Waals surface area contributed by atoms with Crippen LogP contribution >= 0.6 is 15.9 Å².